The van der Waals surface area contributed by atoms with E-state index in [1.807, 2.05) is 6.07 Å². The molecule has 0 amide bonds. The van der Waals surface area contributed by atoms with E-state index in [1.54, 1.807) is 19.1 Å². The van der Waals surface area contributed by atoms with Crippen molar-refractivity contribution in [2.75, 3.05) is 13.5 Å². The Kier molecular flexibility index (Phi) is 5.97. The molecule has 0 aromatic heterocycles. The van der Waals surface area contributed by atoms with Crippen LogP contribution in [0.4, 0.5) is 4.39 Å². The van der Waals surface area contributed by atoms with Crippen LogP contribution in [-0.4, -0.2) is 19.4 Å². The van der Waals surface area contributed by atoms with Crippen LogP contribution in [0, 0.1) is 0 Å². The van der Waals surface area contributed by atoms with Gasteiger partial charge >= 0.3 is 5.97 Å². The summed E-state index contributed by atoms with van der Waals surface area (Å²) in [5.41, 5.74) is 0.969. The number of benzene rings is 1. The maximum Gasteiger partial charge on any atom is 0.306 e. The fourth-order valence-corrected chi connectivity index (χ4v) is 1.90. The van der Waals surface area contributed by atoms with E-state index in [0.717, 1.165) is 5.56 Å². The average molecular weight is 305 g/mol. The molecule has 1 aromatic carbocycles. The molecule has 0 aliphatic rings. The van der Waals surface area contributed by atoms with Crippen molar-refractivity contribution in [2.24, 2.45) is 0 Å². The lowest BCUT2D eigenvalue weighted by Crippen LogP contribution is -2.05. The van der Waals surface area contributed by atoms with Gasteiger partial charge in [0.15, 0.2) is 0 Å². The Labute approximate surface area is 108 Å². The second-order valence-corrected chi connectivity index (χ2v) is 4.18. The Morgan fingerprint density at radius 1 is 1.47 bits per heavy atom. The average Bonchev–Trinajstić information content (AvgIpc) is 2.30. The summed E-state index contributed by atoms with van der Waals surface area (Å²) in [5.74, 6) is 0.236. The first kappa shape index (κ1) is 14.0. The fraction of sp³-hybridized carbons (Fsp3) is 0.417. The zero-order valence-corrected chi connectivity index (χ0v) is 11.1. The second kappa shape index (κ2) is 7.27. The Morgan fingerprint density at radius 3 is 2.82 bits per heavy atom. The van der Waals surface area contributed by atoms with Crippen molar-refractivity contribution in [1.82, 2.24) is 0 Å². The summed E-state index contributed by atoms with van der Waals surface area (Å²) in [6.07, 6.45) is 0.928. The van der Waals surface area contributed by atoms with Crippen molar-refractivity contribution in [3.05, 3.63) is 28.2 Å². The standard InChI is InChI=1S/C12H14BrFO3/c1-2-16-12(15)6-4-9-3-5-11(17-8-14)10(13)7-9/h3,5,7H,2,4,6,8H2,1H3. The van der Waals surface area contributed by atoms with E-state index < -0.39 is 6.86 Å². The van der Waals surface area contributed by atoms with Gasteiger partial charge in [0.2, 0.25) is 6.86 Å². The number of hydrogen-bond donors (Lipinski definition) is 0. The van der Waals surface area contributed by atoms with Crippen LogP contribution in [0.2, 0.25) is 0 Å². The highest BCUT2D eigenvalue weighted by molar-refractivity contribution is 9.10. The lowest BCUT2D eigenvalue weighted by molar-refractivity contribution is -0.143. The van der Waals surface area contributed by atoms with Gasteiger partial charge in [0.05, 0.1) is 11.1 Å². The molecule has 0 saturated heterocycles. The number of ether oxygens (including phenoxy) is 2. The maximum atomic E-state index is 12.0. The molecule has 0 radical (unpaired) electrons. The maximum absolute atomic E-state index is 12.0. The highest BCUT2D eigenvalue weighted by Gasteiger charge is 2.06. The number of carbonyl (C=O) groups excluding carboxylic acids is 1. The summed E-state index contributed by atoms with van der Waals surface area (Å²) in [4.78, 5) is 11.2. The molecule has 1 aromatic rings. The van der Waals surface area contributed by atoms with Gasteiger partial charge in [0.25, 0.3) is 0 Å². The second-order valence-electron chi connectivity index (χ2n) is 3.32. The van der Waals surface area contributed by atoms with Crippen molar-refractivity contribution >= 4 is 21.9 Å². The SMILES string of the molecule is CCOC(=O)CCc1ccc(OCF)c(Br)c1. The van der Waals surface area contributed by atoms with Crippen molar-refractivity contribution in [3.8, 4) is 5.75 Å². The number of rotatable bonds is 6. The Hall–Kier alpha value is -1.10. The number of esters is 1. The van der Waals surface area contributed by atoms with Crippen molar-refractivity contribution < 1.29 is 18.7 Å². The third-order valence-corrected chi connectivity index (χ3v) is 2.75. The predicted molar refractivity (Wildman–Crippen MR) is 65.7 cm³/mol. The van der Waals surface area contributed by atoms with E-state index in [-0.39, 0.29) is 5.97 Å². The summed E-state index contributed by atoms with van der Waals surface area (Å²) >= 11 is 3.28. The molecule has 0 bridgehead atoms. The van der Waals surface area contributed by atoms with Crippen LogP contribution in [0.15, 0.2) is 22.7 Å². The van der Waals surface area contributed by atoms with E-state index in [1.165, 1.54) is 0 Å². The van der Waals surface area contributed by atoms with Crippen molar-refractivity contribution in [3.63, 3.8) is 0 Å². The number of alkyl halides is 1. The van der Waals surface area contributed by atoms with Crippen LogP contribution in [0.5, 0.6) is 5.75 Å². The van der Waals surface area contributed by atoms with Gasteiger partial charge in [-0.1, -0.05) is 6.07 Å². The Bertz CT molecular complexity index is 382. The Balaban J connectivity index is 2.55. The number of halogens is 2. The lowest BCUT2D eigenvalue weighted by Gasteiger charge is -2.07. The van der Waals surface area contributed by atoms with Gasteiger partial charge in [-0.05, 0) is 47.0 Å². The van der Waals surface area contributed by atoms with Gasteiger partial charge in [-0.2, -0.15) is 0 Å². The molecule has 0 N–H and O–H groups in total. The van der Waals surface area contributed by atoms with E-state index in [4.69, 9.17) is 9.47 Å². The summed E-state index contributed by atoms with van der Waals surface area (Å²) < 4.78 is 22.3. The molecular weight excluding hydrogens is 291 g/mol. The van der Waals surface area contributed by atoms with Gasteiger partial charge < -0.3 is 9.47 Å². The quantitative estimate of drug-likeness (QED) is 0.757. The summed E-state index contributed by atoms with van der Waals surface area (Å²) in [5, 5.41) is 0. The Morgan fingerprint density at radius 2 is 2.24 bits per heavy atom. The highest BCUT2D eigenvalue weighted by atomic mass is 79.9. The minimum atomic E-state index is -0.860. The smallest absolute Gasteiger partial charge is 0.306 e. The van der Waals surface area contributed by atoms with Crippen LogP contribution >= 0.6 is 15.9 Å². The monoisotopic (exact) mass is 304 g/mol. The van der Waals surface area contributed by atoms with E-state index in [0.29, 0.717) is 29.7 Å². The topological polar surface area (TPSA) is 35.5 Å². The predicted octanol–water partition coefficient (Wildman–Crippen LogP) is 3.25. The van der Waals surface area contributed by atoms with Crippen molar-refractivity contribution in [1.29, 1.82) is 0 Å². The molecule has 0 aliphatic carbocycles. The van der Waals surface area contributed by atoms with Crippen LogP contribution in [-0.2, 0) is 16.0 Å². The molecule has 0 spiro atoms. The van der Waals surface area contributed by atoms with E-state index in [2.05, 4.69) is 15.9 Å². The number of aryl methyl sites for hydroxylation is 1. The first-order valence-electron chi connectivity index (χ1n) is 5.30. The number of carbonyl (C=O) groups is 1. The molecule has 0 aliphatic heterocycles. The fourth-order valence-electron chi connectivity index (χ4n) is 1.36. The summed E-state index contributed by atoms with van der Waals surface area (Å²) in [7, 11) is 0. The molecule has 0 saturated carbocycles. The molecule has 1 rings (SSSR count). The molecule has 94 valence electrons. The third-order valence-electron chi connectivity index (χ3n) is 2.13. The minimum absolute atomic E-state index is 0.215. The molecule has 5 heteroatoms. The zero-order chi connectivity index (χ0) is 12.7. The van der Waals surface area contributed by atoms with E-state index >= 15 is 0 Å². The van der Waals surface area contributed by atoms with Gasteiger partial charge in [0, 0.05) is 6.42 Å². The largest absolute Gasteiger partial charge is 0.466 e. The third kappa shape index (κ3) is 4.73. The minimum Gasteiger partial charge on any atom is -0.466 e. The molecule has 3 nitrogen and oxygen atoms in total. The normalized spacial score (nSPS) is 10.1. The highest BCUT2D eigenvalue weighted by Crippen LogP contribution is 2.26. The summed E-state index contributed by atoms with van der Waals surface area (Å²) in [6.45, 7) is 1.31. The van der Waals surface area contributed by atoms with Crippen LogP contribution in [0.1, 0.15) is 18.9 Å². The van der Waals surface area contributed by atoms with Gasteiger partial charge in [-0.15, -0.1) is 0 Å². The van der Waals surface area contributed by atoms with Gasteiger partial charge in [-0.25, -0.2) is 4.39 Å². The van der Waals surface area contributed by atoms with Gasteiger partial charge in [-0.3, -0.25) is 4.79 Å². The molecule has 17 heavy (non-hydrogen) atoms. The first-order chi connectivity index (χ1) is 8.17. The van der Waals surface area contributed by atoms with Crippen LogP contribution in [0.3, 0.4) is 0 Å². The molecule has 0 heterocycles. The van der Waals surface area contributed by atoms with Gasteiger partial charge in [0.1, 0.15) is 5.75 Å². The molecule has 0 atom stereocenters. The van der Waals surface area contributed by atoms with E-state index in [9.17, 15) is 9.18 Å². The lowest BCUT2D eigenvalue weighted by atomic mass is 10.1. The van der Waals surface area contributed by atoms with Crippen molar-refractivity contribution in [2.45, 2.75) is 19.8 Å². The molecular formula is C12H14BrFO3. The zero-order valence-electron chi connectivity index (χ0n) is 9.54. The molecule has 0 fully saturated rings. The number of hydrogen-bond acceptors (Lipinski definition) is 3. The molecule has 0 unspecified atom stereocenters. The van der Waals surface area contributed by atoms with Crippen LogP contribution < -0.4 is 4.74 Å². The van der Waals surface area contributed by atoms with Crippen LogP contribution in [0.25, 0.3) is 0 Å². The first-order valence-corrected chi connectivity index (χ1v) is 6.09. The summed E-state index contributed by atoms with van der Waals surface area (Å²) in [6, 6.07) is 5.28.